The summed E-state index contributed by atoms with van der Waals surface area (Å²) in [7, 11) is 0. The van der Waals surface area contributed by atoms with Crippen molar-refractivity contribution in [1.29, 1.82) is 0 Å². The zero-order valence-electron chi connectivity index (χ0n) is 10.9. The Labute approximate surface area is 111 Å². The normalized spacial score (nSPS) is 10.3. The van der Waals surface area contributed by atoms with Gasteiger partial charge >= 0.3 is 0 Å². The quantitative estimate of drug-likeness (QED) is 0.577. The molecule has 0 aromatic carbocycles. The number of nitrogens with one attached hydrogen (secondary N) is 1. The molecule has 0 unspecified atom stereocenters. The van der Waals surface area contributed by atoms with Gasteiger partial charge in [0.2, 0.25) is 0 Å². The number of rotatable bonds is 8. The number of amides is 1. The van der Waals surface area contributed by atoms with Crippen molar-refractivity contribution in [3.8, 4) is 0 Å². The van der Waals surface area contributed by atoms with Crippen LogP contribution in [-0.2, 0) is 11.2 Å². The first-order valence-electron chi connectivity index (χ1n) is 5.96. The molecule has 1 aromatic rings. The maximum Gasteiger partial charge on any atom is 0.265 e. The molecule has 5 nitrogen and oxygen atoms in total. The van der Waals surface area contributed by atoms with Crippen molar-refractivity contribution >= 4 is 17.4 Å². The Hall–Kier alpha value is -1.27. The summed E-state index contributed by atoms with van der Waals surface area (Å²) in [5, 5.41) is 6.75. The van der Waals surface area contributed by atoms with Crippen LogP contribution in [0.5, 0.6) is 0 Å². The largest absolute Gasteiger partial charge is 0.375 e. The minimum absolute atomic E-state index is 0.118. The minimum atomic E-state index is -0.118. The molecular formula is C12H19N3O2S. The highest BCUT2D eigenvalue weighted by Crippen LogP contribution is 2.11. The molecule has 0 aliphatic rings. The summed E-state index contributed by atoms with van der Waals surface area (Å²) < 4.78 is 9.12. The Bertz CT molecular complexity index is 404. The summed E-state index contributed by atoms with van der Waals surface area (Å²) in [6.45, 7) is 9.17. The Balaban J connectivity index is 2.31. The van der Waals surface area contributed by atoms with E-state index in [2.05, 4.69) is 21.5 Å². The van der Waals surface area contributed by atoms with Crippen LogP contribution < -0.4 is 5.32 Å². The third-order valence-corrected chi connectivity index (χ3v) is 2.90. The smallest absolute Gasteiger partial charge is 0.265 e. The molecule has 18 heavy (non-hydrogen) atoms. The number of hydrogen-bond donors (Lipinski definition) is 1. The van der Waals surface area contributed by atoms with Gasteiger partial charge in [-0.25, -0.2) is 0 Å². The fraction of sp³-hybridized carbons (Fsp3) is 0.583. The van der Waals surface area contributed by atoms with E-state index in [0.29, 0.717) is 24.6 Å². The van der Waals surface area contributed by atoms with Crippen LogP contribution in [0.2, 0.25) is 0 Å². The van der Waals surface area contributed by atoms with E-state index >= 15 is 0 Å². The van der Waals surface area contributed by atoms with Crippen LogP contribution in [0.15, 0.2) is 12.2 Å². The number of nitrogens with zero attached hydrogens (tertiary/aromatic N) is 2. The second-order valence-corrected chi connectivity index (χ2v) is 4.82. The molecule has 1 N–H and O–H groups in total. The van der Waals surface area contributed by atoms with Crippen LogP contribution in [0.1, 0.15) is 35.6 Å². The lowest BCUT2D eigenvalue weighted by Gasteiger charge is -2.05. The van der Waals surface area contributed by atoms with Gasteiger partial charge in [-0.3, -0.25) is 4.79 Å². The molecule has 1 aromatic heterocycles. The zero-order valence-corrected chi connectivity index (χ0v) is 11.7. The van der Waals surface area contributed by atoms with E-state index in [1.165, 1.54) is 0 Å². The summed E-state index contributed by atoms with van der Waals surface area (Å²) >= 11 is 1.14. The van der Waals surface area contributed by atoms with Crippen molar-refractivity contribution in [2.45, 2.75) is 26.7 Å². The van der Waals surface area contributed by atoms with Crippen molar-refractivity contribution in [3.63, 3.8) is 0 Å². The van der Waals surface area contributed by atoms with Gasteiger partial charge in [-0.1, -0.05) is 30.0 Å². The minimum Gasteiger partial charge on any atom is -0.375 e. The molecule has 1 heterocycles. The number of hydrogen-bond acceptors (Lipinski definition) is 5. The third kappa shape index (κ3) is 4.93. The number of carbonyl (C=O) groups is 1. The van der Waals surface area contributed by atoms with Crippen molar-refractivity contribution in [2.75, 3.05) is 19.8 Å². The van der Waals surface area contributed by atoms with Gasteiger partial charge in [0.25, 0.3) is 5.91 Å². The van der Waals surface area contributed by atoms with E-state index in [1.54, 1.807) is 0 Å². The van der Waals surface area contributed by atoms with Gasteiger partial charge in [-0.2, -0.15) is 0 Å². The van der Waals surface area contributed by atoms with Crippen LogP contribution in [0, 0.1) is 0 Å². The van der Waals surface area contributed by atoms with Gasteiger partial charge in [-0.05, 0) is 24.9 Å². The monoisotopic (exact) mass is 269 g/mol. The highest BCUT2D eigenvalue weighted by atomic mass is 32.1. The fourth-order valence-corrected chi connectivity index (χ4v) is 1.97. The lowest BCUT2D eigenvalue weighted by molar-refractivity contribution is 0.0929. The van der Waals surface area contributed by atoms with Crippen LogP contribution >= 0.6 is 11.5 Å². The van der Waals surface area contributed by atoms with Gasteiger partial charge < -0.3 is 10.1 Å². The Morgan fingerprint density at radius 3 is 3.00 bits per heavy atom. The SMILES string of the molecule is C=C(C)COCCNC(=O)c1snnc1CCC. The molecule has 0 saturated carbocycles. The molecule has 0 bridgehead atoms. The summed E-state index contributed by atoms with van der Waals surface area (Å²) in [6.07, 6.45) is 1.73. The Kier molecular flexibility index (Phi) is 6.53. The molecule has 1 amide bonds. The van der Waals surface area contributed by atoms with E-state index in [-0.39, 0.29) is 5.91 Å². The van der Waals surface area contributed by atoms with E-state index < -0.39 is 0 Å². The van der Waals surface area contributed by atoms with Crippen LogP contribution in [0.4, 0.5) is 0 Å². The van der Waals surface area contributed by atoms with Crippen LogP contribution in [-0.4, -0.2) is 35.3 Å². The van der Waals surface area contributed by atoms with Crippen molar-refractivity contribution in [2.24, 2.45) is 0 Å². The van der Waals surface area contributed by atoms with Gasteiger partial charge in [0, 0.05) is 6.54 Å². The van der Waals surface area contributed by atoms with Crippen molar-refractivity contribution in [1.82, 2.24) is 14.9 Å². The standard InChI is InChI=1S/C12H19N3O2S/c1-4-5-10-11(18-15-14-10)12(16)13-6-7-17-8-9(2)3/h2,4-8H2,1,3H3,(H,13,16). The highest BCUT2D eigenvalue weighted by Gasteiger charge is 2.14. The molecule has 0 spiro atoms. The number of aromatic nitrogens is 2. The topological polar surface area (TPSA) is 64.1 Å². The number of ether oxygens (including phenoxy) is 1. The van der Waals surface area contributed by atoms with Crippen molar-refractivity contribution < 1.29 is 9.53 Å². The molecule has 6 heteroatoms. The molecular weight excluding hydrogens is 250 g/mol. The predicted molar refractivity (Wildman–Crippen MR) is 71.9 cm³/mol. The summed E-state index contributed by atoms with van der Waals surface area (Å²) in [6, 6.07) is 0. The molecule has 0 fully saturated rings. The molecule has 0 aliphatic carbocycles. The van der Waals surface area contributed by atoms with E-state index in [9.17, 15) is 4.79 Å². The first kappa shape index (κ1) is 14.8. The Morgan fingerprint density at radius 2 is 2.33 bits per heavy atom. The lowest BCUT2D eigenvalue weighted by Crippen LogP contribution is -2.27. The van der Waals surface area contributed by atoms with Crippen LogP contribution in [0.3, 0.4) is 0 Å². The van der Waals surface area contributed by atoms with E-state index in [4.69, 9.17) is 4.74 Å². The molecule has 0 saturated heterocycles. The number of carbonyl (C=O) groups excluding carboxylic acids is 1. The lowest BCUT2D eigenvalue weighted by atomic mass is 10.2. The Morgan fingerprint density at radius 1 is 1.56 bits per heavy atom. The van der Waals surface area contributed by atoms with E-state index in [1.807, 2.05) is 13.8 Å². The third-order valence-electron chi connectivity index (χ3n) is 2.13. The summed E-state index contributed by atoms with van der Waals surface area (Å²) in [5.74, 6) is -0.118. The van der Waals surface area contributed by atoms with E-state index in [0.717, 1.165) is 35.6 Å². The molecule has 1 rings (SSSR count). The first-order chi connectivity index (χ1) is 8.65. The molecule has 0 atom stereocenters. The summed E-state index contributed by atoms with van der Waals surface area (Å²) in [5.41, 5.74) is 1.75. The van der Waals surface area contributed by atoms with Gasteiger partial charge in [0.15, 0.2) is 0 Å². The molecule has 100 valence electrons. The van der Waals surface area contributed by atoms with Gasteiger partial charge in [0.05, 0.1) is 18.9 Å². The maximum atomic E-state index is 11.8. The summed E-state index contributed by atoms with van der Waals surface area (Å²) in [4.78, 5) is 12.5. The van der Waals surface area contributed by atoms with Crippen LogP contribution in [0.25, 0.3) is 0 Å². The fourth-order valence-electron chi connectivity index (χ4n) is 1.34. The molecule has 0 radical (unpaired) electrons. The van der Waals surface area contributed by atoms with Gasteiger partial charge in [-0.15, -0.1) is 5.10 Å². The average Bonchev–Trinajstić information content (AvgIpc) is 2.77. The zero-order chi connectivity index (χ0) is 13.4. The second kappa shape index (κ2) is 7.94. The first-order valence-corrected chi connectivity index (χ1v) is 6.74. The maximum absolute atomic E-state index is 11.8. The predicted octanol–water partition coefficient (Wildman–Crippen LogP) is 1.81. The van der Waals surface area contributed by atoms with Crippen molar-refractivity contribution in [3.05, 3.63) is 22.7 Å². The number of aryl methyl sites for hydroxylation is 1. The highest BCUT2D eigenvalue weighted by molar-refractivity contribution is 7.08. The second-order valence-electron chi connectivity index (χ2n) is 4.06. The van der Waals surface area contributed by atoms with Gasteiger partial charge in [0.1, 0.15) is 4.88 Å². The molecule has 0 aliphatic heterocycles. The average molecular weight is 269 g/mol.